The minimum Gasteiger partial charge on any atom is -0.355 e. The molecule has 20 heavy (non-hydrogen) atoms. The maximum Gasteiger partial charge on any atom is 0.239 e. The average molecular weight is 274 g/mol. The van der Waals surface area contributed by atoms with E-state index in [4.69, 9.17) is 0 Å². The largest absolute Gasteiger partial charge is 0.355 e. The van der Waals surface area contributed by atoms with Crippen molar-refractivity contribution in [1.82, 2.24) is 14.7 Å². The van der Waals surface area contributed by atoms with Gasteiger partial charge in [-0.15, -0.1) is 0 Å². The predicted octanol–water partition coefficient (Wildman–Crippen LogP) is 1.11. The molecule has 2 rings (SSSR count). The minimum atomic E-state index is -0.0803. The van der Waals surface area contributed by atoms with Crippen molar-refractivity contribution in [3.63, 3.8) is 0 Å². The summed E-state index contributed by atoms with van der Waals surface area (Å²) in [7, 11) is 0. The lowest BCUT2D eigenvalue weighted by atomic mass is 10.3. The first-order valence-electron chi connectivity index (χ1n) is 6.65. The number of fused-ring (bicyclic) bond motifs is 1. The number of hydrogen-bond donors (Lipinski definition) is 1. The number of aromatic nitrogens is 2. The Morgan fingerprint density at radius 3 is 2.90 bits per heavy atom. The van der Waals surface area contributed by atoms with Crippen LogP contribution in [0.1, 0.15) is 24.3 Å². The second kappa shape index (κ2) is 6.18. The summed E-state index contributed by atoms with van der Waals surface area (Å²) in [6.45, 7) is 5.17. The number of nitrogens with one attached hydrogen (secondary N) is 1. The van der Waals surface area contributed by atoms with Gasteiger partial charge in [0.05, 0.1) is 6.54 Å². The molecule has 1 amide bonds. The molecule has 0 aliphatic rings. The molecule has 0 aromatic carbocycles. The van der Waals surface area contributed by atoms with Gasteiger partial charge in [-0.25, -0.2) is 4.98 Å². The molecule has 2 aromatic heterocycles. The van der Waals surface area contributed by atoms with Crippen molar-refractivity contribution in [2.45, 2.75) is 13.8 Å². The van der Waals surface area contributed by atoms with Gasteiger partial charge in [0, 0.05) is 19.3 Å². The minimum absolute atomic E-state index is 0.0803. The summed E-state index contributed by atoms with van der Waals surface area (Å²) >= 11 is 0. The summed E-state index contributed by atoms with van der Waals surface area (Å²) < 4.78 is 1.72. The van der Waals surface area contributed by atoms with Gasteiger partial charge in [-0.2, -0.15) is 0 Å². The Hall–Kier alpha value is -2.37. The van der Waals surface area contributed by atoms with Crippen LogP contribution in [0.15, 0.2) is 24.4 Å². The number of nitrogens with zero attached hydrogens (tertiary/aromatic N) is 3. The maximum atomic E-state index is 11.7. The number of carbonyl (C=O) groups excluding carboxylic acids is 2. The van der Waals surface area contributed by atoms with Crippen LogP contribution in [-0.2, 0) is 4.79 Å². The van der Waals surface area contributed by atoms with Crippen LogP contribution in [0.5, 0.6) is 0 Å². The van der Waals surface area contributed by atoms with Gasteiger partial charge in [0.1, 0.15) is 11.3 Å². The molecule has 0 aliphatic carbocycles. The second-order valence-electron chi connectivity index (χ2n) is 4.34. The lowest BCUT2D eigenvalue weighted by Crippen LogP contribution is -2.37. The topological polar surface area (TPSA) is 66.7 Å². The average Bonchev–Trinajstić information content (AvgIpc) is 2.83. The van der Waals surface area contributed by atoms with Crippen LogP contribution < -0.4 is 10.2 Å². The van der Waals surface area contributed by atoms with Crippen molar-refractivity contribution in [3.8, 4) is 0 Å². The van der Waals surface area contributed by atoms with Gasteiger partial charge in [-0.1, -0.05) is 6.07 Å². The molecule has 0 saturated carbocycles. The molecule has 0 atom stereocenters. The SMILES string of the molecule is CCNC(=O)CN(CC)c1nc2ccccn2c1C=O. The smallest absolute Gasteiger partial charge is 0.239 e. The Balaban J connectivity index is 2.38. The molecule has 6 heteroatoms. The van der Waals surface area contributed by atoms with Crippen molar-refractivity contribution in [2.75, 3.05) is 24.5 Å². The van der Waals surface area contributed by atoms with E-state index in [0.717, 1.165) is 6.29 Å². The highest BCUT2D eigenvalue weighted by Crippen LogP contribution is 2.19. The zero-order chi connectivity index (χ0) is 14.5. The fraction of sp³-hybridized carbons (Fsp3) is 0.357. The number of hydrogen-bond acceptors (Lipinski definition) is 4. The lowest BCUT2D eigenvalue weighted by molar-refractivity contribution is -0.119. The summed E-state index contributed by atoms with van der Waals surface area (Å²) in [5, 5.41) is 2.75. The third-order valence-electron chi connectivity index (χ3n) is 3.05. The standard InChI is InChI=1S/C14H18N4O2/c1-3-15-13(20)9-17(4-2)14-11(10-19)18-8-6-5-7-12(18)16-14/h5-8,10H,3-4,9H2,1-2H3,(H,15,20). The quantitative estimate of drug-likeness (QED) is 0.801. The molecule has 0 bridgehead atoms. The lowest BCUT2D eigenvalue weighted by Gasteiger charge is -2.20. The molecule has 0 unspecified atom stereocenters. The number of rotatable bonds is 6. The predicted molar refractivity (Wildman–Crippen MR) is 77.2 cm³/mol. The highest BCUT2D eigenvalue weighted by molar-refractivity contribution is 5.86. The molecular formula is C14H18N4O2. The molecule has 6 nitrogen and oxygen atoms in total. The first kappa shape index (κ1) is 14.0. The van der Waals surface area contributed by atoms with E-state index in [-0.39, 0.29) is 12.5 Å². The van der Waals surface area contributed by atoms with Crippen LogP contribution in [0.25, 0.3) is 5.65 Å². The summed E-state index contributed by atoms with van der Waals surface area (Å²) in [6, 6.07) is 5.53. The summed E-state index contributed by atoms with van der Waals surface area (Å²) in [4.78, 5) is 29.3. The Labute approximate surface area is 117 Å². The van der Waals surface area contributed by atoms with Crippen molar-refractivity contribution < 1.29 is 9.59 Å². The van der Waals surface area contributed by atoms with Gasteiger partial charge >= 0.3 is 0 Å². The number of pyridine rings is 1. The summed E-state index contributed by atoms with van der Waals surface area (Å²) in [5.41, 5.74) is 1.16. The Bertz CT molecular complexity index is 621. The van der Waals surface area contributed by atoms with Gasteiger partial charge in [0.25, 0.3) is 0 Å². The van der Waals surface area contributed by atoms with E-state index in [9.17, 15) is 9.59 Å². The van der Waals surface area contributed by atoms with Crippen LogP contribution in [0.4, 0.5) is 5.82 Å². The summed E-state index contributed by atoms with van der Waals surface area (Å²) in [6.07, 6.45) is 2.56. The van der Waals surface area contributed by atoms with Gasteiger partial charge in [0.2, 0.25) is 5.91 Å². The van der Waals surface area contributed by atoms with E-state index >= 15 is 0 Å². The fourth-order valence-electron chi connectivity index (χ4n) is 2.11. The molecule has 0 radical (unpaired) electrons. The number of carbonyl (C=O) groups is 2. The van der Waals surface area contributed by atoms with E-state index < -0.39 is 0 Å². The van der Waals surface area contributed by atoms with Crippen molar-refractivity contribution in [1.29, 1.82) is 0 Å². The number of likely N-dealkylation sites (N-methyl/N-ethyl adjacent to an activating group) is 2. The second-order valence-corrected chi connectivity index (χ2v) is 4.34. The van der Waals surface area contributed by atoms with Crippen LogP contribution in [0.3, 0.4) is 0 Å². The summed E-state index contributed by atoms with van der Waals surface area (Å²) in [5.74, 6) is 0.461. The van der Waals surface area contributed by atoms with Crippen molar-refractivity contribution >= 4 is 23.7 Å². The third-order valence-corrected chi connectivity index (χ3v) is 3.05. The van der Waals surface area contributed by atoms with E-state index in [1.807, 2.05) is 32.0 Å². The molecule has 0 aliphatic heterocycles. The fourth-order valence-corrected chi connectivity index (χ4v) is 2.11. The first-order valence-corrected chi connectivity index (χ1v) is 6.65. The molecule has 0 fully saturated rings. The molecule has 2 heterocycles. The Morgan fingerprint density at radius 1 is 1.45 bits per heavy atom. The van der Waals surface area contributed by atoms with Crippen molar-refractivity contribution in [2.24, 2.45) is 0 Å². The van der Waals surface area contributed by atoms with Crippen LogP contribution >= 0.6 is 0 Å². The Kier molecular flexibility index (Phi) is 4.34. The van der Waals surface area contributed by atoms with E-state index in [0.29, 0.717) is 30.2 Å². The number of imidazole rings is 1. The zero-order valence-corrected chi connectivity index (χ0v) is 11.7. The number of aldehydes is 1. The maximum absolute atomic E-state index is 11.7. The third kappa shape index (κ3) is 2.64. The van der Waals surface area contributed by atoms with Crippen LogP contribution in [-0.4, -0.2) is 41.2 Å². The van der Waals surface area contributed by atoms with Crippen LogP contribution in [0.2, 0.25) is 0 Å². The highest BCUT2D eigenvalue weighted by Gasteiger charge is 2.18. The van der Waals surface area contributed by atoms with Gasteiger partial charge < -0.3 is 10.2 Å². The normalized spacial score (nSPS) is 10.5. The highest BCUT2D eigenvalue weighted by atomic mass is 16.2. The number of amides is 1. The molecule has 2 aromatic rings. The first-order chi connectivity index (χ1) is 9.71. The zero-order valence-electron chi connectivity index (χ0n) is 11.7. The van der Waals surface area contributed by atoms with E-state index in [2.05, 4.69) is 10.3 Å². The van der Waals surface area contributed by atoms with E-state index in [1.54, 1.807) is 15.5 Å². The van der Waals surface area contributed by atoms with Crippen molar-refractivity contribution in [3.05, 3.63) is 30.1 Å². The molecule has 0 spiro atoms. The van der Waals surface area contributed by atoms with Crippen LogP contribution in [0, 0.1) is 0 Å². The van der Waals surface area contributed by atoms with Gasteiger partial charge in [-0.3, -0.25) is 14.0 Å². The molecule has 1 N–H and O–H groups in total. The monoisotopic (exact) mass is 274 g/mol. The molecule has 0 saturated heterocycles. The van der Waals surface area contributed by atoms with Gasteiger partial charge in [-0.05, 0) is 26.0 Å². The number of anilines is 1. The Morgan fingerprint density at radius 2 is 2.25 bits per heavy atom. The van der Waals surface area contributed by atoms with Gasteiger partial charge in [0.15, 0.2) is 12.1 Å². The molecular weight excluding hydrogens is 256 g/mol. The van der Waals surface area contributed by atoms with E-state index in [1.165, 1.54) is 0 Å². The molecule has 106 valence electrons.